The maximum Gasteiger partial charge on any atom is 0.317 e. The van der Waals surface area contributed by atoms with Gasteiger partial charge in [0.05, 0.1) is 13.2 Å². The van der Waals surface area contributed by atoms with Gasteiger partial charge in [0.25, 0.3) is 0 Å². The summed E-state index contributed by atoms with van der Waals surface area (Å²) in [5, 5.41) is 14.2. The van der Waals surface area contributed by atoms with Crippen LogP contribution in [0.1, 0.15) is 37.7 Å². The zero-order valence-electron chi connectivity index (χ0n) is 14.0. The van der Waals surface area contributed by atoms with E-state index >= 15 is 0 Å². The van der Waals surface area contributed by atoms with Gasteiger partial charge in [-0.3, -0.25) is 0 Å². The van der Waals surface area contributed by atoms with Gasteiger partial charge in [-0.15, -0.1) is 11.3 Å². The largest absolute Gasteiger partial charge is 0.396 e. The number of aliphatic hydroxyl groups is 1. The molecule has 1 fully saturated rings. The smallest absolute Gasteiger partial charge is 0.317 e. The summed E-state index contributed by atoms with van der Waals surface area (Å²) in [5.74, 6) is 0.896. The number of nitrogens with one attached hydrogen (secondary N) is 1. The average Bonchev–Trinajstić information content (AvgIpc) is 3.06. The fourth-order valence-electron chi connectivity index (χ4n) is 2.98. The molecule has 0 aromatic carbocycles. The predicted molar refractivity (Wildman–Crippen MR) is 92.6 cm³/mol. The summed E-state index contributed by atoms with van der Waals surface area (Å²) in [6.45, 7) is 6.93. The molecule has 1 aliphatic rings. The van der Waals surface area contributed by atoms with E-state index in [1.807, 2.05) is 16.3 Å². The van der Waals surface area contributed by atoms with Gasteiger partial charge in [-0.25, -0.2) is 4.79 Å². The van der Waals surface area contributed by atoms with Crippen LogP contribution in [0.5, 0.6) is 0 Å². The van der Waals surface area contributed by atoms with E-state index in [1.165, 1.54) is 4.88 Å². The predicted octanol–water partition coefficient (Wildman–Crippen LogP) is 2.88. The molecule has 2 N–H and O–H groups in total. The van der Waals surface area contributed by atoms with Crippen LogP contribution in [0.3, 0.4) is 0 Å². The van der Waals surface area contributed by atoms with Crippen molar-refractivity contribution >= 4 is 17.4 Å². The Hall–Kier alpha value is -1.11. The van der Waals surface area contributed by atoms with Crippen LogP contribution in [0, 0.1) is 11.8 Å². The number of thiophene rings is 1. The van der Waals surface area contributed by atoms with Gasteiger partial charge in [0.2, 0.25) is 0 Å². The van der Waals surface area contributed by atoms with Gasteiger partial charge in [-0.1, -0.05) is 19.9 Å². The number of amides is 2. The molecule has 0 saturated carbocycles. The topological polar surface area (TPSA) is 61.8 Å². The third kappa shape index (κ3) is 5.79. The Bertz CT molecular complexity index is 464. The maximum absolute atomic E-state index is 12.4. The Morgan fingerprint density at radius 3 is 3.04 bits per heavy atom. The van der Waals surface area contributed by atoms with E-state index in [9.17, 15) is 4.79 Å². The highest BCUT2D eigenvalue weighted by Crippen LogP contribution is 2.26. The molecular weight excluding hydrogens is 312 g/mol. The lowest BCUT2D eigenvalue weighted by Crippen LogP contribution is -2.48. The molecule has 130 valence electrons. The van der Waals surface area contributed by atoms with E-state index < -0.39 is 0 Å². The van der Waals surface area contributed by atoms with Crippen LogP contribution in [-0.2, 0) is 4.74 Å². The Morgan fingerprint density at radius 2 is 2.39 bits per heavy atom. The summed E-state index contributed by atoms with van der Waals surface area (Å²) in [6, 6.07) is 4.03. The third-order valence-electron chi connectivity index (χ3n) is 4.10. The molecule has 2 heterocycles. The fourth-order valence-corrected chi connectivity index (χ4v) is 3.74. The molecule has 1 saturated heterocycles. The maximum atomic E-state index is 12.4. The number of aliphatic hydroxyl groups excluding tert-OH is 1. The molecule has 5 nitrogen and oxygen atoms in total. The number of carbonyl (C=O) groups excluding carboxylic acids is 1. The number of ether oxygens (including phenoxy) is 1. The molecule has 23 heavy (non-hydrogen) atoms. The standard InChI is InChI=1S/C17H28N2O3S/c1-13(2)10-14(5-7-20)11-18-17(21)19-6-8-22-15(12-19)16-4-3-9-23-16/h3-4,9,13-15,20H,5-8,10-12H2,1-2H3,(H,18,21). The van der Waals surface area contributed by atoms with Crippen molar-refractivity contribution in [3.63, 3.8) is 0 Å². The van der Waals surface area contributed by atoms with E-state index in [0.29, 0.717) is 38.1 Å². The minimum Gasteiger partial charge on any atom is -0.396 e. The quantitative estimate of drug-likeness (QED) is 0.802. The second-order valence-electron chi connectivity index (χ2n) is 6.51. The number of hydrogen-bond donors (Lipinski definition) is 2. The fraction of sp³-hybridized carbons (Fsp3) is 0.706. The average molecular weight is 340 g/mol. The molecule has 1 aromatic heterocycles. The van der Waals surface area contributed by atoms with E-state index in [0.717, 1.165) is 12.8 Å². The highest BCUT2D eigenvalue weighted by Gasteiger charge is 2.26. The number of rotatable bonds is 7. The van der Waals surface area contributed by atoms with Crippen molar-refractivity contribution in [2.24, 2.45) is 11.8 Å². The van der Waals surface area contributed by atoms with Gasteiger partial charge < -0.3 is 20.1 Å². The monoisotopic (exact) mass is 340 g/mol. The van der Waals surface area contributed by atoms with Crippen molar-refractivity contribution < 1.29 is 14.6 Å². The molecule has 0 aliphatic carbocycles. The molecule has 6 heteroatoms. The van der Waals surface area contributed by atoms with Crippen LogP contribution in [0.4, 0.5) is 4.79 Å². The van der Waals surface area contributed by atoms with Crippen molar-refractivity contribution in [2.75, 3.05) is 32.8 Å². The number of nitrogens with zero attached hydrogens (tertiary/aromatic N) is 1. The van der Waals surface area contributed by atoms with Crippen LogP contribution in [0.2, 0.25) is 0 Å². The lowest BCUT2D eigenvalue weighted by Gasteiger charge is -2.33. The Morgan fingerprint density at radius 1 is 1.57 bits per heavy atom. The highest BCUT2D eigenvalue weighted by molar-refractivity contribution is 7.10. The first-order valence-electron chi connectivity index (χ1n) is 8.38. The Balaban J connectivity index is 1.82. The summed E-state index contributed by atoms with van der Waals surface area (Å²) in [7, 11) is 0. The van der Waals surface area contributed by atoms with E-state index in [2.05, 4.69) is 25.2 Å². The van der Waals surface area contributed by atoms with E-state index in [4.69, 9.17) is 9.84 Å². The SMILES string of the molecule is CC(C)CC(CCO)CNC(=O)N1CCOC(c2cccs2)C1. The van der Waals surface area contributed by atoms with Crippen LogP contribution in [0.15, 0.2) is 17.5 Å². The third-order valence-corrected chi connectivity index (χ3v) is 5.06. The molecular formula is C17H28N2O3S. The zero-order chi connectivity index (χ0) is 16.7. The van der Waals surface area contributed by atoms with Crippen LogP contribution in [-0.4, -0.2) is 48.9 Å². The molecule has 2 unspecified atom stereocenters. The summed E-state index contributed by atoms with van der Waals surface area (Å²) in [4.78, 5) is 15.4. The molecule has 0 spiro atoms. The molecule has 2 amide bonds. The number of morpholine rings is 1. The Kier molecular flexibility index (Phi) is 7.33. The van der Waals surface area contributed by atoms with Gasteiger partial charge in [0.15, 0.2) is 0 Å². The van der Waals surface area contributed by atoms with Crippen molar-refractivity contribution in [2.45, 2.75) is 32.8 Å². The summed E-state index contributed by atoms with van der Waals surface area (Å²) >= 11 is 1.66. The van der Waals surface area contributed by atoms with Gasteiger partial charge in [-0.05, 0) is 36.1 Å². The van der Waals surface area contributed by atoms with Gasteiger partial charge in [0.1, 0.15) is 6.10 Å². The first kappa shape index (κ1) is 18.2. The number of hydrogen-bond acceptors (Lipinski definition) is 4. The normalized spacial score (nSPS) is 19.8. The van der Waals surface area contributed by atoms with Crippen LogP contribution >= 0.6 is 11.3 Å². The van der Waals surface area contributed by atoms with Crippen LogP contribution in [0.25, 0.3) is 0 Å². The van der Waals surface area contributed by atoms with Crippen LogP contribution < -0.4 is 5.32 Å². The summed E-state index contributed by atoms with van der Waals surface area (Å²) in [6.07, 6.45) is 1.74. The van der Waals surface area contributed by atoms with Crippen molar-refractivity contribution in [1.29, 1.82) is 0 Å². The molecule has 0 radical (unpaired) electrons. The first-order chi connectivity index (χ1) is 11.1. The number of urea groups is 1. The molecule has 1 aromatic rings. The zero-order valence-corrected chi connectivity index (χ0v) is 14.8. The van der Waals surface area contributed by atoms with E-state index in [1.54, 1.807) is 11.3 Å². The van der Waals surface area contributed by atoms with Crippen molar-refractivity contribution in [3.8, 4) is 0 Å². The van der Waals surface area contributed by atoms with Crippen molar-refractivity contribution in [1.82, 2.24) is 10.2 Å². The minimum atomic E-state index is -0.0263. The number of carbonyl (C=O) groups is 1. The summed E-state index contributed by atoms with van der Waals surface area (Å²) < 4.78 is 5.78. The minimum absolute atomic E-state index is 0.0154. The van der Waals surface area contributed by atoms with Gasteiger partial charge in [-0.2, -0.15) is 0 Å². The first-order valence-corrected chi connectivity index (χ1v) is 9.26. The Labute approximate surface area is 142 Å². The van der Waals surface area contributed by atoms with Gasteiger partial charge in [0, 0.05) is 24.6 Å². The molecule has 0 bridgehead atoms. The second-order valence-corrected chi connectivity index (χ2v) is 7.49. The van der Waals surface area contributed by atoms with Gasteiger partial charge >= 0.3 is 6.03 Å². The second kappa shape index (κ2) is 9.25. The van der Waals surface area contributed by atoms with Crippen molar-refractivity contribution in [3.05, 3.63) is 22.4 Å². The lowest BCUT2D eigenvalue weighted by atomic mass is 9.94. The van der Waals surface area contributed by atoms with E-state index in [-0.39, 0.29) is 18.7 Å². The lowest BCUT2D eigenvalue weighted by molar-refractivity contribution is -0.0137. The summed E-state index contributed by atoms with van der Waals surface area (Å²) in [5.41, 5.74) is 0. The molecule has 2 atom stereocenters. The highest BCUT2D eigenvalue weighted by atomic mass is 32.1. The molecule has 1 aliphatic heterocycles. The molecule has 2 rings (SSSR count).